The number of rotatable bonds is 1. The van der Waals surface area contributed by atoms with Crippen molar-refractivity contribution in [3.8, 4) is 0 Å². The van der Waals surface area contributed by atoms with E-state index < -0.39 is 35.1 Å². The number of carbonyl (C=O) groups is 3. The van der Waals surface area contributed by atoms with E-state index in [1.54, 1.807) is 0 Å². The van der Waals surface area contributed by atoms with Gasteiger partial charge < -0.3 is 9.64 Å². The molecule has 4 amide bonds. The fourth-order valence-electron chi connectivity index (χ4n) is 4.59. The summed E-state index contributed by atoms with van der Waals surface area (Å²) >= 11 is 0. The number of barbiturate groups is 1. The maximum atomic E-state index is 13.7. The Morgan fingerprint density at radius 3 is 2.62 bits per heavy atom. The molecule has 0 aliphatic carbocycles. The number of imide groups is 2. The van der Waals surface area contributed by atoms with Crippen LogP contribution in [0.4, 0.5) is 20.6 Å². The highest BCUT2D eigenvalue weighted by Crippen LogP contribution is 2.45. The van der Waals surface area contributed by atoms with Gasteiger partial charge in [-0.15, -0.1) is 0 Å². The maximum absolute atomic E-state index is 13.7. The predicted molar refractivity (Wildman–Crippen MR) is 102 cm³/mol. The topological polar surface area (TPSA) is 79.0 Å². The van der Waals surface area contributed by atoms with Crippen molar-refractivity contribution in [3.05, 3.63) is 59.9 Å². The van der Waals surface area contributed by atoms with Gasteiger partial charge in [0, 0.05) is 12.2 Å². The van der Waals surface area contributed by atoms with E-state index >= 15 is 0 Å². The van der Waals surface area contributed by atoms with Crippen molar-refractivity contribution in [3.63, 3.8) is 0 Å². The molecule has 7 nitrogen and oxygen atoms in total. The molecule has 5 rings (SSSR count). The number of morpholine rings is 1. The first-order chi connectivity index (χ1) is 14.0. The van der Waals surface area contributed by atoms with E-state index in [0.717, 1.165) is 16.2 Å². The monoisotopic (exact) mass is 395 g/mol. The summed E-state index contributed by atoms with van der Waals surface area (Å²) in [5.74, 6) is -1.73. The van der Waals surface area contributed by atoms with Gasteiger partial charge in [-0.1, -0.05) is 18.2 Å². The molecule has 0 bridgehead atoms. The summed E-state index contributed by atoms with van der Waals surface area (Å²) in [4.78, 5) is 42.4. The van der Waals surface area contributed by atoms with Crippen LogP contribution in [0.1, 0.15) is 5.56 Å². The molecule has 0 radical (unpaired) electrons. The Balaban J connectivity index is 1.66. The zero-order valence-corrected chi connectivity index (χ0v) is 15.4. The van der Waals surface area contributed by atoms with Crippen LogP contribution < -0.4 is 15.1 Å². The zero-order valence-electron chi connectivity index (χ0n) is 15.4. The summed E-state index contributed by atoms with van der Waals surface area (Å²) in [5, 5.41) is 2.35. The molecule has 2 aromatic rings. The SMILES string of the molecule is O=C1NC(=O)[C@@]2(Cc3ccccc3N3CCOC[C@H]32)C(=O)N1c1ccc(F)cc1. The van der Waals surface area contributed by atoms with Crippen LogP contribution in [-0.2, 0) is 20.7 Å². The molecule has 2 fully saturated rings. The number of nitrogens with one attached hydrogen (secondary N) is 1. The van der Waals surface area contributed by atoms with Gasteiger partial charge in [0.05, 0.1) is 24.9 Å². The third kappa shape index (κ3) is 2.49. The number of urea groups is 1. The molecule has 0 unspecified atom stereocenters. The molecule has 2 atom stereocenters. The van der Waals surface area contributed by atoms with Crippen molar-refractivity contribution in [2.45, 2.75) is 12.5 Å². The molecule has 1 spiro atoms. The Kier molecular flexibility index (Phi) is 3.92. The van der Waals surface area contributed by atoms with E-state index in [1.165, 1.54) is 24.3 Å². The quantitative estimate of drug-likeness (QED) is 0.746. The number of carbonyl (C=O) groups excluding carboxylic acids is 3. The lowest BCUT2D eigenvalue weighted by molar-refractivity contribution is -0.146. The number of fused-ring (bicyclic) bond motifs is 4. The Morgan fingerprint density at radius 2 is 1.83 bits per heavy atom. The minimum absolute atomic E-state index is 0.156. The van der Waals surface area contributed by atoms with E-state index in [-0.39, 0.29) is 18.7 Å². The number of amides is 4. The van der Waals surface area contributed by atoms with Crippen LogP contribution >= 0.6 is 0 Å². The number of para-hydroxylation sites is 1. The van der Waals surface area contributed by atoms with Gasteiger partial charge in [-0.25, -0.2) is 14.1 Å². The first kappa shape index (κ1) is 17.8. The number of benzene rings is 2. The third-order valence-corrected chi connectivity index (χ3v) is 5.97. The predicted octanol–water partition coefficient (Wildman–Crippen LogP) is 1.86. The van der Waals surface area contributed by atoms with Crippen LogP contribution in [0, 0.1) is 11.2 Å². The fourth-order valence-corrected chi connectivity index (χ4v) is 4.59. The van der Waals surface area contributed by atoms with E-state index in [1.807, 2.05) is 29.2 Å². The van der Waals surface area contributed by atoms with E-state index in [4.69, 9.17) is 4.74 Å². The molecule has 0 aromatic heterocycles. The molecular formula is C21H18FN3O4. The Hall–Kier alpha value is -3.26. The van der Waals surface area contributed by atoms with Crippen LogP contribution in [-0.4, -0.2) is 43.6 Å². The standard InChI is InChI=1S/C21H18FN3O4/c22-14-5-7-15(8-6-14)25-19(27)21(18(26)23-20(25)28)11-13-3-1-2-4-16(13)24-9-10-29-12-17(21)24/h1-8,17H,9-12H2,(H,23,26,28)/t17-,21-/m0/s1. The van der Waals surface area contributed by atoms with Crippen molar-refractivity contribution >= 4 is 29.2 Å². The van der Waals surface area contributed by atoms with Gasteiger partial charge in [-0.2, -0.15) is 0 Å². The summed E-state index contributed by atoms with van der Waals surface area (Å²) in [7, 11) is 0. The summed E-state index contributed by atoms with van der Waals surface area (Å²) in [6.07, 6.45) is 0.156. The van der Waals surface area contributed by atoms with Crippen LogP contribution in [0.3, 0.4) is 0 Å². The molecule has 2 aromatic carbocycles. The molecule has 0 saturated carbocycles. The average molecular weight is 395 g/mol. The number of hydrogen-bond donors (Lipinski definition) is 1. The molecular weight excluding hydrogens is 377 g/mol. The largest absolute Gasteiger partial charge is 0.377 e. The number of anilines is 2. The average Bonchev–Trinajstić information content (AvgIpc) is 2.73. The van der Waals surface area contributed by atoms with Crippen LogP contribution in [0.15, 0.2) is 48.5 Å². The van der Waals surface area contributed by atoms with Gasteiger partial charge in [0.1, 0.15) is 5.82 Å². The smallest absolute Gasteiger partial charge is 0.335 e. The molecule has 8 heteroatoms. The maximum Gasteiger partial charge on any atom is 0.335 e. The van der Waals surface area contributed by atoms with E-state index in [2.05, 4.69) is 5.32 Å². The molecule has 1 N–H and O–H groups in total. The molecule has 29 heavy (non-hydrogen) atoms. The van der Waals surface area contributed by atoms with Crippen LogP contribution in [0.5, 0.6) is 0 Å². The van der Waals surface area contributed by atoms with Crippen molar-refractivity contribution < 1.29 is 23.5 Å². The second kappa shape index (κ2) is 6.38. The van der Waals surface area contributed by atoms with Gasteiger partial charge in [-0.3, -0.25) is 14.9 Å². The third-order valence-electron chi connectivity index (χ3n) is 5.97. The molecule has 3 aliphatic rings. The minimum atomic E-state index is -1.52. The highest BCUT2D eigenvalue weighted by atomic mass is 19.1. The van der Waals surface area contributed by atoms with Gasteiger partial charge in [0.25, 0.3) is 5.91 Å². The second-order valence-electron chi connectivity index (χ2n) is 7.44. The highest BCUT2D eigenvalue weighted by molar-refractivity contribution is 6.30. The fraction of sp³-hybridized carbons (Fsp3) is 0.286. The van der Waals surface area contributed by atoms with Gasteiger partial charge in [0.15, 0.2) is 5.41 Å². The molecule has 3 heterocycles. The first-order valence-electron chi connectivity index (χ1n) is 9.40. The van der Waals surface area contributed by atoms with Crippen molar-refractivity contribution in [1.29, 1.82) is 0 Å². The number of hydrogen-bond acceptors (Lipinski definition) is 5. The first-order valence-corrected chi connectivity index (χ1v) is 9.40. The molecule has 2 saturated heterocycles. The lowest BCUT2D eigenvalue weighted by atomic mass is 9.68. The summed E-state index contributed by atoms with van der Waals surface area (Å²) in [6.45, 7) is 1.21. The van der Waals surface area contributed by atoms with Gasteiger partial charge in [-0.05, 0) is 42.3 Å². The molecule has 3 aliphatic heterocycles. The summed E-state index contributed by atoms with van der Waals surface area (Å²) in [6, 6.07) is 11.3. The second-order valence-corrected chi connectivity index (χ2v) is 7.44. The summed E-state index contributed by atoms with van der Waals surface area (Å²) in [5.41, 5.74) is 0.527. The van der Waals surface area contributed by atoms with Crippen LogP contribution in [0.2, 0.25) is 0 Å². The van der Waals surface area contributed by atoms with Gasteiger partial charge in [0.2, 0.25) is 5.91 Å². The van der Waals surface area contributed by atoms with E-state index in [9.17, 15) is 18.8 Å². The minimum Gasteiger partial charge on any atom is -0.377 e. The van der Waals surface area contributed by atoms with Crippen LogP contribution in [0.25, 0.3) is 0 Å². The van der Waals surface area contributed by atoms with Crippen molar-refractivity contribution in [1.82, 2.24) is 5.32 Å². The Labute approximate surface area is 166 Å². The normalized spacial score (nSPS) is 26.2. The van der Waals surface area contributed by atoms with Gasteiger partial charge >= 0.3 is 6.03 Å². The Bertz CT molecular complexity index is 1020. The Morgan fingerprint density at radius 1 is 1.07 bits per heavy atom. The number of ether oxygens (including phenoxy) is 1. The number of nitrogens with zero attached hydrogens (tertiary/aromatic N) is 2. The highest BCUT2D eigenvalue weighted by Gasteiger charge is 2.62. The number of halogens is 1. The lowest BCUT2D eigenvalue weighted by Gasteiger charge is -2.53. The van der Waals surface area contributed by atoms with Crippen molar-refractivity contribution in [2.24, 2.45) is 5.41 Å². The lowest BCUT2D eigenvalue weighted by Crippen LogP contribution is -2.74. The summed E-state index contributed by atoms with van der Waals surface area (Å²) < 4.78 is 19.0. The van der Waals surface area contributed by atoms with Crippen molar-refractivity contribution in [2.75, 3.05) is 29.6 Å². The van der Waals surface area contributed by atoms with E-state index in [0.29, 0.717) is 13.2 Å². The molecule has 148 valence electrons. The zero-order chi connectivity index (χ0) is 20.2.